The van der Waals surface area contributed by atoms with E-state index in [1.807, 2.05) is 13.8 Å². The summed E-state index contributed by atoms with van der Waals surface area (Å²) in [6.45, 7) is 6.02. The first kappa shape index (κ1) is 15.7. The van der Waals surface area contributed by atoms with Crippen LogP contribution in [-0.4, -0.2) is 11.8 Å². The van der Waals surface area contributed by atoms with Gasteiger partial charge in [0.1, 0.15) is 5.00 Å². The van der Waals surface area contributed by atoms with E-state index in [0.717, 1.165) is 36.1 Å². The zero-order valence-corrected chi connectivity index (χ0v) is 12.7. The third kappa shape index (κ3) is 4.06. The van der Waals surface area contributed by atoms with Crippen molar-refractivity contribution in [1.29, 1.82) is 0 Å². The Morgan fingerprint density at radius 3 is 2.47 bits per heavy atom. The summed E-state index contributed by atoms with van der Waals surface area (Å²) in [4.78, 5) is 24.4. The van der Waals surface area contributed by atoms with Crippen molar-refractivity contribution in [3.8, 4) is 0 Å². The van der Waals surface area contributed by atoms with E-state index in [1.54, 1.807) is 0 Å². The molecule has 0 aliphatic carbocycles. The van der Waals surface area contributed by atoms with Gasteiger partial charge in [-0.1, -0.05) is 26.7 Å². The molecular formula is C14H22N2O2S. The Morgan fingerprint density at radius 2 is 1.95 bits per heavy atom. The maximum absolute atomic E-state index is 11.8. The highest BCUT2D eigenvalue weighted by molar-refractivity contribution is 7.16. The fourth-order valence-corrected chi connectivity index (χ4v) is 3.24. The van der Waals surface area contributed by atoms with E-state index in [2.05, 4.69) is 12.2 Å². The lowest BCUT2D eigenvalue weighted by atomic mass is 10.1. The SMILES string of the molecule is CCCCCC(=O)Nc1sc(C)c(CC)c1C(N)=O. The summed E-state index contributed by atoms with van der Waals surface area (Å²) in [6.07, 6.45) is 4.23. The van der Waals surface area contributed by atoms with Gasteiger partial charge in [-0.25, -0.2) is 0 Å². The summed E-state index contributed by atoms with van der Waals surface area (Å²) >= 11 is 1.43. The maximum atomic E-state index is 11.8. The average molecular weight is 282 g/mol. The number of hydrogen-bond donors (Lipinski definition) is 2. The Morgan fingerprint density at radius 1 is 1.26 bits per heavy atom. The summed E-state index contributed by atoms with van der Waals surface area (Å²) < 4.78 is 0. The van der Waals surface area contributed by atoms with Gasteiger partial charge in [-0.15, -0.1) is 11.3 Å². The Kier molecular flexibility index (Phi) is 6.02. The first-order valence-corrected chi connectivity index (χ1v) is 7.54. The predicted octanol–water partition coefficient (Wildman–Crippen LogP) is 3.24. The van der Waals surface area contributed by atoms with Gasteiger partial charge in [0.25, 0.3) is 5.91 Å². The van der Waals surface area contributed by atoms with Crippen LogP contribution in [0.15, 0.2) is 0 Å². The Hall–Kier alpha value is -1.36. The minimum Gasteiger partial charge on any atom is -0.365 e. The molecule has 1 rings (SSSR count). The van der Waals surface area contributed by atoms with Crippen molar-refractivity contribution in [2.45, 2.75) is 52.9 Å². The molecule has 0 atom stereocenters. The van der Waals surface area contributed by atoms with Gasteiger partial charge in [0, 0.05) is 11.3 Å². The van der Waals surface area contributed by atoms with Gasteiger partial charge in [0.05, 0.1) is 5.56 Å². The number of carbonyl (C=O) groups excluding carboxylic acids is 2. The smallest absolute Gasteiger partial charge is 0.251 e. The number of nitrogens with two attached hydrogens (primary N) is 1. The minimum atomic E-state index is -0.468. The second-order valence-corrected chi connectivity index (χ2v) is 5.79. The van der Waals surface area contributed by atoms with Crippen molar-refractivity contribution < 1.29 is 9.59 Å². The normalized spacial score (nSPS) is 10.5. The van der Waals surface area contributed by atoms with Crippen LogP contribution in [0.2, 0.25) is 0 Å². The molecule has 0 spiro atoms. The van der Waals surface area contributed by atoms with E-state index in [9.17, 15) is 9.59 Å². The maximum Gasteiger partial charge on any atom is 0.251 e. The van der Waals surface area contributed by atoms with E-state index in [0.29, 0.717) is 17.0 Å². The molecule has 1 heterocycles. The molecule has 0 radical (unpaired) electrons. The summed E-state index contributed by atoms with van der Waals surface area (Å²) in [5, 5.41) is 3.43. The highest BCUT2D eigenvalue weighted by Crippen LogP contribution is 2.33. The number of unbranched alkanes of at least 4 members (excludes halogenated alkanes) is 2. The van der Waals surface area contributed by atoms with Crippen LogP contribution in [0.3, 0.4) is 0 Å². The van der Waals surface area contributed by atoms with Crippen LogP contribution in [-0.2, 0) is 11.2 Å². The lowest BCUT2D eigenvalue weighted by molar-refractivity contribution is -0.116. The number of primary amides is 1. The van der Waals surface area contributed by atoms with Gasteiger partial charge in [-0.05, 0) is 25.3 Å². The third-order valence-electron chi connectivity index (χ3n) is 3.07. The quantitative estimate of drug-likeness (QED) is 0.754. The van der Waals surface area contributed by atoms with Gasteiger partial charge >= 0.3 is 0 Å². The predicted molar refractivity (Wildman–Crippen MR) is 79.7 cm³/mol. The average Bonchev–Trinajstić information content (AvgIpc) is 2.65. The molecule has 0 saturated carbocycles. The molecule has 1 aromatic heterocycles. The van der Waals surface area contributed by atoms with Crippen molar-refractivity contribution in [3.63, 3.8) is 0 Å². The number of thiophene rings is 1. The van der Waals surface area contributed by atoms with Crippen LogP contribution in [0, 0.1) is 6.92 Å². The van der Waals surface area contributed by atoms with Gasteiger partial charge in [0.15, 0.2) is 0 Å². The second-order valence-electron chi connectivity index (χ2n) is 4.56. The number of anilines is 1. The number of nitrogens with one attached hydrogen (secondary N) is 1. The second kappa shape index (κ2) is 7.28. The molecule has 0 aliphatic heterocycles. The minimum absolute atomic E-state index is 0.0418. The lowest BCUT2D eigenvalue weighted by Gasteiger charge is -2.05. The number of aryl methyl sites for hydroxylation is 1. The molecule has 19 heavy (non-hydrogen) atoms. The molecule has 0 unspecified atom stereocenters. The molecular weight excluding hydrogens is 260 g/mol. The van der Waals surface area contributed by atoms with Crippen LogP contribution in [0.1, 0.15) is 60.3 Å². The molecule has 3 N–H and O–H groups in total. The number of hydrogen-bond acceptors (Lipinski definition) is 3. The number of rotatable bonds is 7. The van der Waals surface area contributed by atoms with Gasteiger partial charge in [0.2, 0.25) is 5.91 Å². The Balaban J connectivity index is 2.83. The highest BCUT2D eigenvalue weighted by atomic mass is 32.1. The van der Waals surface area contributed by atoms with Crippen LogP contribution in [0.5, 0.6) is 0 Å². The van der Waals surface area contributed by atoms with E-state index in [-0.39, 0.29) is 5.91 Å². The zero-order valence-electron chi connectivity index (χ0n) is 11.8. The van der Waals surface area contributed by atoms with Gasteiger partial charge < -0.3 is 11.1 Å². The molecule has 0 fully saturated rings. The van der Waals surface area contributed by atoms with E-state index < -0.39 is 5.91 Å². The van der Waals surface area contributed by atoms with Crippen LogP contribution >= 0.6 is 11.3 Å². The molecule has 5 heteroatoms. The molecule has 4 nitrogen and oxygen atoms in total. The van der Waals surface area contributed by atoms with Gasteiger partial charge in [-0.3, -0.25) is 9.59 Å². The first-order valence-electron chi connectivity index (χ1n) is 6.73. The largest absolute Gasteiger partial charge is 0.365 e. The van der Waals surface area contributed by atoms with Crippen molar-refractivity contribution in [2.24, 2.45) is 5.73 Å². The Labute approximate surface area is 118 Å². The molecule has 0 aromatic carbocycles. The molecule has 0 aliphatic rings. The molecule has 106 valence electrons. The van der Waals surface area contributed by atoms with E-state index in [4.69, 9.17) is 5.73 Å². The molecule has 1 aromatic rings. The summed E-state index contributed by atoms with van der Waals surface area (Å²) in [5.41, 5.74) is 6.84. The van der Waals surface area contributed by atoms with Gasteiger partial charge in [-0.2, -0.15) is 0 Å². The fourth-order valence-electron chi connectivity index (χ4n) is 2.08. The topological polar surface area (TPSA) is 72.2 Å². The van der Waals surface area contributed by atoms with Crippen molar-refractivity contribution in [2.75, 3.05) is 5.32 Å². The lowest BCUT2D eigenvalue weighted by Crippen LogP contribution is -2.17. The monoisotopic (exact) mass is 282 g/mol. The standard InChI is InChI=1S/C14H22N2O2S/c1-4-6-7-8-11(17)16-14-12(13(15)18)10(5-2)9(3)19-14/h4-8H2,1-3H3,(H2,15,18)(H,16,17). The highest BCUT2D eigenvalue weighted by Gasteiger charge is 2.20. The Bertz CT molecular complexity index is 466. The first-order chi connectivity index (χ1) is 9.01. The fraction of sp³-hybridized carbons (Fsp3) is 0.571. The zero-order chi connectivity index (χ0) is 14.4. The summed E-state index contributed by atoms with van der Waals surface area (Å²) in [5.74, 6) is -0.509. The van der Waals surface area contributed by atoms with E-state index in [1.165, 1.54) is 11.3 Å². The number of amides is 2. The molecule has 2 amide bonds. The van der Waals surface area contributed by atoms with Crippen molar-refractivity contribution in [1.82, 2.24) is 0 Å². The summed E-state index contributed by atoms with van der Waals surface area (Å²) in [7, 11) is 0. The summed E-state index contributed by atoms with van der Waals surface area (Å²) in [6, 6.07) is 0. The van der Waals surface area contributed by atoms with E-state index >= 15 is 0 Å². The molecule has 0 bridgehead atoms. The van der Waals surface area contributed by atoms with Crippen molar-refractivity contribution in [3.05, 3.63) is 16.0 Å². The molecule has 0 saturated heterocycles. The van der Waals surface area contributed by atoms with Crippen molar-refractivity contribution >= 4 is 28.2 Å². The number of carbonyl (C=O) groups is 2. The van der Waals surface area contributed by atoms with Crippen LogP contribution in [0.4, 0.5) is 5.00 Å². The van der Waals surface area contributed by atoms with Crippen LogP contribution < -0.4 is 11.1 Å². The van der Waals surface area contributed by atoms with Crippen LogP contribution in [0.25, 0.3) is 0 Å². The third-order valence-corrected chi connectivity index (χ3v) is 4.13.